The number of carbonyl (C=O) groups is 2. The van der Waals surface area contributed by atoms with Crippen molar-refractivity contribution in [3.8, 4) is 0 Å². The maximum Gasteiger partial charge on any atom is 0.502 e. The Hall–Kier alpha value is -0.840. The highest BCUT2D eigenvalue weighted by Gasteiger charge is 2.61. The van der Waals surface area contributed by atoms with Crippen molar-refractivity contribution in [1.82, 2.24) is 9.99 Å². The van der Waals surface area contributed by atoms with Gasteiger partial charge in [0, 0.05) is 12.0 Å². The van der Waals surface area contributed by atoms with Crippen LogP contribution in [-0.2, 0) is 33.2 Å². The number of sulfone groups is 1. The molecule has 0 aromatic rings. The number of ether oxygens (including phenoxy) is 1. The molecule has 0 spiro atoms. The molecule has 0 bridgehead atoms. The zero-order valence-electron chi connectivity index (χ0n) is 15.1. The monoisotopic (exact) mass is 413 g/mol. The van der Waals surface area contributed by atoms with Crippen LogP contribution in [0.3, 0.4) is 0 Å². The molecule has 0 radical (unpaired) electrons. The van der Waals surface area contributed by atoms with Gasteiger partial charge in [0.2, 0.25) is 0 Å². The summed E-state index contributed by atoms with van der Waals surface area (Å²) in [6.45, 7) is 3.87. The van der Waals surface area contributed by atoms with Gasteiger partial charge in [-0.15, -0.1) is 9.19 Å². The highest BCUT2D eigenvalue weighted by atomic mass is 32.2. The van der Waals surface area contributed by atoms with Crippen LogP contribution in [0, 0.1) is 5.41 Å². The summed E-state index contributed by atoms with van der Waals surface area (Å²) >= 11 is 0. The second kappa shape index (κ2) is 8.04. The molecule has 26 heavy (non-hydrogen) atoms. The summed E-state index contributed by atoms with van der Waals surface area (Å²) in [5.74, 6) is -1.11. The molecule has 2 saturated heterocycles. The van der Waals surface area contributed by atoms with Gasteiger partial charge >= 0.3 is 14.1 Å². The van der Waals surface area contributed by atoms with E-state index in [1.165, 1.54) is 11.8 Å². The average molecular weight is 413 g/mol. The number of rotatable bonds is 5. The average Bonchev–Trinajstić information content (AvgIpc) is 2.56. The van der Waals surface area contributed by atoms with Crippen LogP contribution in [0.2, 0.25) is 0 Å². The molecule has 1 amide bonds. The standard InChI is InChI=1S/C14H25N2O8PS/c1-14(2)10-23-25(19,16-6-8-26(20,21)9-7-16)24-12(14)13(18)15-5-4-11(17)22-3/h12,19H,4-10H2,1-3H3/p+1/t12-,25?/m0/s1. The summed E-state index contributed by atoms with van der Waals surface area (Å²) in [5, 5.41) is 2.60. The second-order valence-electron chi connectivity index (χ2n) is 6.96. The van der Waals surface area contributed by atoms with Crippen molar-refractivity contribution in [3.63, 3.8) is 0 Å². The van der Waals surface area contributed by atoms with Crippen LogP contribution in [0.4, 0.5) is 0 Å². The van der Waals surface area contributed by atoms with Gasteiger partial charge in [0.25, 0.3) is 5.91 Å². The number of methoxy groups -OCH3 is 1. The maximum atomic E-state index is 12.5. The van der Waals surface area contributed by atoms with Crippen LogP contribution in [0.5, 0.6) is 0 Å². The molecule has 2 rings (SSSR count). The Bertz CT molecular complexity index is 641. The van der Waals surface area contributed by atoms with Gasteiger partial charge in [0.05, 0.1) is 38.1 Å². The van der Waals surface area contributed by atoms with E-state index in [2.05, 4.69) is 10.1 Å². The van der Waals surface area contributed by atoms with E-state index >= 15 is 0 Å². The van der Waals surface area contributed by atoms with Crippen molar-refractivity contribution in [2.75, 3.05) is 44.9 Å². The third kappa shape index (κ3) is 5.11. The molecular formula is C14H26N2O8PS+. The molecule has 2 atom stereocenters. The molecule has 0 aromatic carbocycles. The first kappa shape index (κ1) is 21.5. The maximum absolute atomic E-state index is 12.5. The van der Waals surface area contributed by atoms with Crippen molar-refractivity contribution in [1.29, 1.82) is 0 Å². The van der Waals surface area contributed by atoms with E-state index in [4.69, 9.17) is 9.05 Å². The Balaban J connectivity index is 2.03. The zero-order valence-corrected chi connectivity index (χ0v) is 16.8. The summed E-state index contributed by atoms with van der Waals surface area (Å²) in [4.78, 5) is 34.5. The van der Waals surface area contributed by atoms with Gasteiger partial charge in [-0.2, -0.15) is 9.42 Å². The SMILES string of the molecule is COC(=O)CCNC(=O)[C@@H]1O[P+](O)(N2CCS(=O)(=O)CC2)OCC1(C)C. The molecule has 150 valence electrons. The Morgan fingerprint density at radius 3 is 2.54 bits per heavy atom. The molecule has 0 aromatic heterocycles. The van der Waals surface area contributed by atoms with Crippen LogP contribution in [0.25, 0.3) is 0 Å². The molecule has 1 unspecified atom stereocenters. The molecule has 0 aliphatic carbocycles. The van der Waals surface area contributed by atoms with Crippen LogP contribution >= 0.6 is 8.09 Å². The van der Waals surface area contributed by atoms with E-state index in [1.807, 2.05) is 0 Å². The molecule has 2 fully saturated rings. The number of carbonyl (C=O) groups excluding carboxylic acids is 2. The van der Waals surface area contributed by atoms with Gasteiger partial charge in [-0.25, -0.2) is 8.42 Å². The lowest BCUT2D eigenvalue weighted by Crippen LogP contribution is -2.53. The Labute approximate surface area is 153 Å². The van der Waals surface area contributed by atoms with E-state index in [9.17, 15) is 22.9 Å². The normalized spacial score (nSPS) is 31.2. The predicted octanol–water partition coefficient (Wildman–Crippen LogP) is -0.492. The fourth-order valence-electron chi connectivity index (χ4n) is 2.63. The van der Waals surface area contributed by atoms with Crippen molar-refractivity contribution < 1.29 is 36.7 Å². The summed E-state index contributed by atoms with van der Waals surface area (Å²) in [7, 11) is -5.39. The van der Waals surface area contributed by atoms with Gasteiger partial charge in [-0.1, -0.05) is 13.8 Å². The van der Waals surface area contributed by atoms with Crippen molar-refractivity contribution >= 4 is 29.8 Å². The zero-order chi connectivity index (χ0) is 19.6. The molecule has 0 saturated carbocycles. The smallest absolute Gasteiger partial charge is 0.469 e. The van der Waals surface area contributed by atoms with E-state index in [-0.39, 0.29) is 44.2 Å². The first-order valence-corrected chi connectivity index (χ1v) is 11.6. The van der Waals surface area contributed by atoms with Crippen molar-refractivity contribution in [2.24, 2.45) is 5.41 Å². The highest BCUT2D eigenvalue weighted by Crippen LogP contribution is 2.65. The minimum atomic E-state index is -3.53. The molecular weight excluding hydrogens is 387 g/mol. The van der Waals surface area contributed by atoms with Gasteiger partial charge in [0.1, 0.15) is 6.61 Å². The Morgan fingerprint density at radius 2 is 1.96 bits per heavy atom. The number of nitrogens with one attached hydrogen (secondary N) is 1. The van der Waals surface area contributed by atoms with Crippen molar-refractivity contribution in [3.05, 3.63) is 0 Å². The fraction of sp³-hybridized carbons (Fsp3) is 0.857. The van der Waals surface area contributed by atoms with Crippen LogP contribution in [0.15, 0.2) is 0 Å². The Kier molecular flexibility index (Phi) is 6.63. The van der Waals surface area contributed by atoms with E-state index in [0.29, 0.717) is 0 Å². The summed E-state index contributed by atoms with van der Waals surface area (Å²) < 4.78 is 40.4. The third-order valence-electron chi connectivity index (χ3n) is 4.33. The Morgan fingerprint density at radius 1 is 1.35 bits per heavy atom. The lowest BCUT2D eigenvalue weighted by molar-refractivity contribution is -0.143. The number of esters is 1. The van der Waals surface area contributed by atoms with E-state index in [0.717, 1.165) is 0 Å². The van der Waals surface area contributed by atoms with E-state index < -0.39 is 41.3 Å². The number of hydrogen-bond donors (Lipinski definition) is 2. The molecule has 12 heteroatoms. The molecule has 2 aliphatic rings. The van der Waals surface area contributed by atoms with Gasteiger partial charge in [-0.3, -0.25) is 9.59 Å². The molecule has 2 aliphatic heterocycles. The number of hydrogen-bond acceptors (Lipinski definition) is 9. The highest BCUT2D eigenvalue weighted by molar-refractivity contribution is 7.91. The molecule has 2 N–H and O–H groups in total. The first-order valence-electron chi connectivity index (χ1n) is 8.24. The molecule has 2 heterocycles. The van der Waals surface area contributed by atoms with Crippen LogP contribution in [-0.4, -0.2) is 80.8 Å². The summed E-state index contributed by atoms with van der Waals surface area (Å²) in [5.41, 5.74) is -0.705. The lowest BCUT2D eigenvalue weighted by atomic mass is 9.87. The summed E-state index contributed by atoms with van der Waals surface area (Å²) in [6.07, 6.45) is -0.972. The number of nitrogens with zero attached hydrogens (tertiary/aromatic N) is 1. The quantitative estimate of drug-likeness (QED) is 0.452. The first-order chi connectivity index (χ1) is 12.0. The van der Waals surface area contributed by atoms with Gasteiger partial charge in [0.15, 0.2) is 15.9 Å². The van der Waals surface area contributed by atoms with Gasteiger partial charge < -0.3 is 10.1 Å². The minimum Gasteiger partial charge on any atom is -0.469 e. The number of amides is 1. The largest absolute Gasteiger partial charge is 0.502 e. The van der Waals surface area contributed by atoms with E-state index in [1.54, 1.807) is 13.8 Å². The predicted molar refractivity (Wildman–Crippen MR) is 93.6 cm³/mol. The second-order valence-corrected chi connectivity index (χ2v) is 11.3. The fourth-order valence-corrected chi connectivity index (χ4v) is 6.32. The molecule has 10 nitrogen and oxygen atoms in total. The topological polar surface area (TPSA) is 131 Å². The lowest BCUT2D eigenvalue weighted by Gasteiger charge is -2.40. The summed E-state index contributed by atoms with van der Waals surface area (Å²) in [6, 6.07) is 0. The van der Waals surface area contributed by atoms with Gasteiger partial charge in [-0.05, 0) is 0 Å². The third-order valence-corrected chi connectivity index (χ3v) is 8.00. The van der Waals surface area contributed by atoms with Crippen molar-refractivity contribution in [2.45, 2.75) is 26.4 Å². The van der Waals surface area contributed by atoms with Crippen LogP contribution in [0.1, 0.15) is 20.3 Å². The minimum absolute atomic E-state index is 0.0231. The van der Waals surface area contributed by atoms with Crippen LogP contribution < -0.4 is 5.32 Å².